The standard InChI is InChI=1S/C27H24N2O2/c1-19(2)17-29-26-10-6-5-9-24(26)25(27(29)30)15-20-11-13-23(14-12-20)31-18-22-8-4-3-7-21(22)16-28/h3-15,19H,17-18H2,1-2H3/b25-15-. The van der Waals surface area contributed by atoms with Gasteiger partial charge in [0.25, 0.3) is 5.91 Å². The Hall–Kier alpha value is -3.84. The van der Waals surface area contributed by atoms with E-state index < -0.39 is 0 Å². The summed E-state index contributed by atoms with van der Waals surface area (Å²) < 4.78 is 5.85. The van der Waals surface area contributed by atoms with Gasteiger partial charge in [0.1, 0.15) is 12.4 Å². The Morgan fingerprint density at radius 3 is 2.45 bits per heavy atom. The molecule has 1 heterocycles. The minimum absolute atomic E-state index is 0.0448. The van der Waals surface area contributed by atoms with Gasteiger partial charge in [0.05, 0.1) is 17.3 Å². The number of carbonyl (C=O) groups excluding carboxylic acids is 1. The summed E-state index contributed by atoms with van der Waals surface area (Å²) in [4.78, 5) is 15.0. The van der Waals surface area contributed by atoms with Crippen molar-refractivity contribution in [2.24, 2.45) is 5.92 Å². The molecule has 0 N–H and O–H groups in total. The molecule has 1 aliphatic rings. The van der Waals surface area contributed by atoms with Crippen LogP contribution < -0.4 is 9.64 Å². The van der Waals surface area contributed by atoms with Gasteiger partial charge in [0.15, 0.2) is 0 Å². The molecule has 0 saturated heterocycles. The summed E-state index contributed by atoms with van der Waals surface area (Å²) in [5.41, 5.74) is 5.08. The van der Waals surface area contributed by atoms with Crippen LogP contribution in [0, 0.1) is 17.2 Å². The van der Waals surface area contributed by atoms with Crippen molar-refractivity contribution in [3.8, 4) is 11.8 Å². The van der Waals surface area contributed by atoms with E-state index in [0.29, 0.717) is 30.2 Å². The molecule has 0 aromatic heterocycles. The van der Waals surface area contributed by atoms with Crippen LogP contribution in [-0.2, 0) is 11.4 Å². The number of nitriles is 1. The van der Waals surface area contributed by atoms with Gasteiger partial charge in [-0.1, -0.05) is 62.4 Å². The highest BCUT2D eigenvalue weighted by atomic mass is 16.5. The van der Waals surface area contributed by atoms with Crippen molar-refractivity contribution in [1.82, 2.24) is 0 Å². The predicted octanol–water partition coefficient (Wildman–Crippen LogP) is 5.68. The van der Waals surface area contributed by atoms with E-state index in [9.17, 15) is 10.1 Å². The minimum atomic E-state index is 0.0448. The maximum absolute atomic E-state index is 13.1. The van der Waals surface area contributed by atoms with Crippen molar-refractivity contribution >= 4 is 23.2 Å². The van der Waals surface area contributed by atoms with E-state index in [2.05, 4.69) is 19.9 Å². The third-order valence-corrected chi connectivity index (χ3v) is 5.23. The van der Waals surface area contributed by atoms with Crippen LogP contribution in [0.5, 0.6) is 5.75 Å². The number of benzene rings is 3. The van der Waals surface area contributed by atoms with E-state index in [0.717, 1.165) is 28.1 Å². The van der Waals surface area contributed by atoms with Crippen LogP contribution in [0.1, 0.15) is 36.1 Å². The Kier molecular flexibility index (Phi) is 5.86. The van der Waals surface area contributed by atoms with E-state index in [1.165, 1.54) is 0 Å². The highest BCUT2D eigenvalue weighted by Gasteiger charge is 2.32. The van der Waals surface area contributed by atoms with Crippen molar-refractivity contribution in [3.05, 3.63) is 95.1 Å². The van der Waals surface area contributed by atoms with Gasteiger partial charge in [0, 0.05) is 23.2 Å². The number of para-hydroxylation sites is 1. The lowest BCUT2D eigenvalue weighted by Crippen LogP contribution is -2.30. The second-order valence-corrected chi connectivity index (χ2v) is 8.01. The maximum Gasteiger partial charge on any atom is 0.259 e. The SMILES string of the molecule is CC(C)CN1C(=O)/C(=C\c2ccc(OCc3ccccc3C#N)cc2)c2ccccc21. The second-order valence-electron chi connectivity index (χ2n) is 8.01. The third kappa shape index (κ3) is 4.36. The molecule has 1 aliphatic heterocycles. The molecule has 1 amide bonds. The number of hydrogen-bond donors (Lipinski definition) is 0. The molecule has 3 aromatic rings. The number of amides is 1. The first-order valence-corrected chi connectivity index (χ1v) is 10.4. The van der Waals surface area contributed by atoms with Crippen molar-refractivity contribution in [2.45, 2.75) is 20.5 Å². The molecule has 0 unspecified atom stereocenters. The molecule has 4 nitrogen and oxygen atoms in total. The number of hydrogen-bond acceptors (Lipinski definition) is 3. The number of fused-ring (bicyclic) bond motifs is 1. The van der Waals surface area contributed by atoms with Crippen molar-refractivity contribution in [3.63, 3.8) is 0 Å². The first-order chi connectivity index (χ1) is 15.1. The number of rotatable bonds is 6. The van der Waals surface area contributed by atoms with Gasteiger partial charge < -0.3 is 9.64 Å². The summed E-state index contributed by atoms with van der Waals surface area (Å²) >= 11 is 0. The Morgan fingerprint density at radius 1 is 1.00 bits per heavy atom. The van der Waals surface area contributed by atoms with Gasteiger partial charge in [-0.15, -0.1) is 0 Å². The lowest BCUT2D eigenvalue weighted by Gasteiger charge is -2.19. The summed E-state index contributed by atoms with van der Waals surface area (Å²) in [6.45, 7) is 5.26. The first kappa shape index (κ1) is 20.4. The molecule has 154 valence electrons. The Morgan fingerprint density at radius 2 is 1.71 bits per heavy atom. The molecule has 31 heavy (non-hydrogen) atoms. The molecule has 4 heteroatoms. The highest BCUT2D eigenvalue weighted by molar-refractivity contribution is 6.35. The summed E-state index contributed by atoms with van der Waals surface area (Å²) in [6.07, 6.45) is 1.94. The van der Waals surface area contributed by atoms with E-state index in [1.54, 1.807) is 6.07 Å². The average Bonchev–Trinajstić information content (AvgIpc) is 3.04. The minimum Gasteiger partial charge on any atom is -0.489 e. The molecule has 3 aromatic carbocycles. The van der Waals surface area contributed by atoms with E-state index >= 15 is 0 Å². The average molecular weight is 409 g/mol. The van der Waals surface area contributed by atoms with Crippen LogP contribution in [0.4, 0.5) is 5.69 Å². The lowest BCUT2D eigenvalue weighted by atomic mass is 10.0. The fourth-order valence-corrected chi connectivity index (χ4v) is 3.74. The molecule has 0 atom stereocenters. The molecular formula is C27H24N2O2. The maximum atomic E-state index is 13.1. The van der Waals surface area contributed by atoms with Gasteiger partial charge in [0.2, 0.25) is 0 Å². The quantitative estimate of drug-likeness (QED) is 0.493. The van der Waals surface area contributed by atoms with Gasteiger partial charge >= 0.3 is 0 Å². The van der Waals surface area contributed by atoms with Crippen molar-refractivity contribution in [1.29, 1.82) is 5.26 Å². The summed E-state index contributed by atoms with van der Waals surface area (Å²) in [5, 5.41) is 9.20. The van der Waals surface area contributed by atoms with Gasteiger partial charge in [-0.05, 0) is 41.8 Å². The smallest absolute Gasteiger partial charge is 0.259 e. The molecule has 0 spiro atoms. The van der Waals surface area contributed by atoms with Crippen LogP contribution in [0.3, 0.4) is 0 Å². The third-order valence-electron chi connectivity index (χ3n) is 5.23. The molecule has 4 rings (SSSR count). The van der Waals surface area contributed by atoms with Gasteiger partial charge in [-0.2, -0.15) is 5.26 Å². The largest absolute Gasteiger partial charge is 0.489 e. The summed E-state index contributed by atoms with van der Waals surface area (Å²) in [7, 11) is 0. The Balaban J connectivity index is 1.53. The van der Waals surface area contributed by atoms with Crippen molar-refractivity contribution in [2.75, 3.05) is 11.4 Å². The summed E-state index contributed by atoms with van der Waals surface area (Å²) in [5.74, 6) is 1.15. The van der Waals surface area contributed by atoms with Crippen LogP contribution in [0.2, 0.25) is 0 Å². The highest BCUT2D eigenvalue weighted by Crippen LogP contribution is 2.38. The molecule has 0 bridgehead atoms. The Bertz CT molecular complexity index is 1170. The van der Waals surface area contributed by atoms with Crippen LogP contribution in [0.25, 0.3) is 11.6 Å². The van der Waals surface area contributed by atoms with Crippen LogP contribution >= 0.6 is 0 Å². The predicted molar refractivity (Wildman–Crippen MR) is 123 cm³/mol. The normalized spacial score (nSPS) is 14.1. The molecule has 0 radical (unpaired) electrons. The molecule has 0 fully saturated rings. The Labute approximate surface area is 183 Å². The molecule has 0 saturated carbocycles. The second kappa shape index (κ2) is 8.89. The first-order valence-electron chi connectivity index (χ1n) is 10.4. The fraction of sp³-hybridized carbons (Fsp3) is 0.185. The number of ether oxygens (including phenoxy) is 1. The van der Waals surface area contributed by atoms with E-state index in [1.807, 2.05) is 77.7 Å². The summed E-state index contributed by atoms with van der Waals surface area (Å²) in [6, 6.07) is 25.2. The van der Waals surface area contributed by atoms with Gasteiger partial charge in [-0.3, -0.25) is 4.79 Å². The monoisotopic (exact) mass is 408 g/mol. The van der Waals surface area contributed by atoms with Crippen molar-refractivity contribution < 1.29 is 9.53 Å². The lowest BCUT2D eigenvalue weighted by molar-refractivity contribution is -0.113. The topological polar surface area (TPSA) is 53.3 Å². The number of carbonyl (C=O) groups is 1. The number of nitrogens with zero attached hydrogens (tertiary/aromatic N) is 2. The van der Waals surface area contributed by atoms with Crippen LogP contribution in [-0.4, -0.2) is 12.5 Å². The zero-order valence-electron chi connectivity index (χ0n) is 17.7. The van der Waals surface area contributed by atoms with E-state index in [4.69, 9.17) is 4.74 Å². The van der Waals surface area contributed by atoms with E-state index in [-0.39, 0.29) is 5.91 Å². The fourth-order valence-electron chi connectivity index (χ4n) is 3.74. The zero-order chi connectivity index (χ0) is 21.8. The molecular weight excluding hydrogens is 384 g/mol. The zero-order valence-corrected chi connectivity index (χ0v) is 17.7. The number of anilines is 1. The molecule has 0 aliphatic carbocycles. The van der Waals surface area contributed by atoms with Crippen LogP contribution in [0.15, 0.2) is 72.8 Å². The van der Waals surface area contributed by atoms with Gasteiger partial charge in [-0.25, -0.2) is 0 Å².